The molecule has 1 aromatic rings. The van der Waals surface area contributed by atoms with Crippen LogP contribution in [0.1, 0.15) is 0 Å². The number of alkyl halides is 1. The third-order valence-corrected chi connectivity index (χ3v) is 0.406. The third-order valence-electron chi connectivity index (χ3n) is 0.406. The van der Waals surface area contributed by atoms with Gasteiger partial charge >= 0.3 is 0 Å². The Kier molecular flexibility index (Phi) is 4.51. The smallest absolute Gasteiger partial charge is 0.0919 e. The van der Waals surface area contributed by atoms with Crippen LogP contribution in [0.4, 0.5) is 4.39 Å². The Morgan fingerprint density at radius 3 is 2.43 bits per heavy atom. The number of aromatic nitrogens is 2. The van der Waals surface area contributed by atoms with Gasteiger partial charge < -0.3 is 4.98 Å². The van der Waals surface area contributed by atoms with E-state index in [1.807, 2.05) is 0 Å². The summed E-state index contributed by atoms with van der Waals surface area (Å²) < 4.78 is 9.50. The summed E-state index contributed by atoms with van der Waals surface area (Å²) in [6.45, 7) is 0. The molecule has 1 heterocycles. The van der Waals surface area contributed by atoms with Gasteiger partial charge in [0, 0.05) is 12.4 Å². The minimum absolute atomic E-state index is 0.500. The fourth-order valence-corrected chi connectivity index (χ4v) is 0.215. The molecule has 0 spiro atoms. The highest BCUT2D eigenvalue weighted by Gasteiger charge is 1.56. The molecule has 0 bridgehead atoms. The monoisotopic (exact) mass is 102 g/mol. The molecule has 0 saturated heterocycles. The van der Waals surface area contributed by atoms with Crippen LogP contribution in [0.3, 0.4) is 0 Å². The number of nitrogens with zero attached hydrogens (tertiary/aromatic N) is 1. The molecule has 0 fully saturated rings. The van der Waals surface area contributed by atoms with E-state index in [1.54, 1.807) is 18.7 Å². The molecule has 0 aromatic carbocycles. The van der Waals surface area contributed by atoms with Crippen molar-refractivity contribution in [3.05, 3.63) is 18.7 Å². The van der Waals surface area contributed by atoms with Crippen LogP contribution in [0.5, 0.6) is 0 Å². The van der Waals surface area contributed by atoms with Gasteiger partial charge in [0.25, 0.3) is 0 Å². The van der Waals surface area contributed by atoms with Crippen LogP contribution < -0.4 is 0 Å². The molecule has 0 aliphatic heterocycles. The topological polar surface area (TPSA) is 28.7 Å². The predicted molar refractivity (Wildman–Crippen MR) is 25.6 cm³/mol. The lowest BCUT2D eigenvalue weighted by Gasteiger charge is -1.46. The van der Waals surface area contributed by atoms with Crippen molar-refractivity contribution in [3.8, 4) is 0 Å². The number of H-pyrrole nitrogens is 1. The highest BCUT2D eigenvalue weighted by atomic mass is 19.1. The summed E-state index contributed by atoms with van der Waals surface area (Å²) in [5, 5.41) is 0. The van der Waals surface area contributed by atoms with Crippen LogP contribution in [0.2, 0.25) is 0 Å². The zero-order valence-electron chi connectivity index (χ0n) is 4.06. The minimum Gasteiger partial charge on any atom is -0.351 e. The number of hydrogen-bond donors (Lipinski definition) is 1. The molecular weight excluding hydrogens is 95.1 g/mol. The molecule has 0 atom stereocenters. The normalized spacial score (nSPS) is 6.57. The highest BCUT2D eigenvalue weighted by molar-refractivity contribution is 4.64. The first kappa shape index (κ1) is 6.14. The first-order chi connectivity index (χ1) is 3.50. The molecule has 2 nitrogen and oxygen atoms in total. The molecule has 0 aliphatic rings. The van der Waals surface area contributed by atoms with Crippen LogP contribution in [0, 0.1) is 0 Å². The third kappa shape index (κ3) is 2.96. The lowest BCUT2D eigenvalue weighted by molar-refractivity contribution is 0.636. The predicted octanol–water partition coefficient (Wildman–Crippen LogP) is 0.995. The van der Waals surface area contributed by atoms with E-state index in [1.165, 1.54) is 0 Å². The second-order valence-corrected chi connectivity index (χ2v) is 0.761. The highest BCUT2D eigenvalue weighted by Crippen LogP contribution is 1.62. The van der Waals surface area contributed by atoms with E-state index in [4.69, 9.17) is 0 Å². The van der Waals surface area contributed by atoms with Gasteiger partial charge in [0.05, 0.1) is 13.5 Å². The molecule has 0 radical (unpaired) electrons. The van der Waals surface area contributed by atoms with Gasteiger partial charge in [-0.1, -0.05) is 0 Å². The fraction of sp³-hybridized carbons (Fsp3) is 0.250. The molecule has 1 aromatic heterocycles. The van der Waals surface area contributed by atoms with Crippen LogP contribution >= 0.6 is 0 Å². The molecule has 0 aliphatic carbocycles. The summed E-state index contributed by atoms with van der Waals surface area (Å²) in [4.78, 5) is 6.42. The van der Waals surface area contributed by atoms with Crippen molar-refractivity contribution in [1.82, 2.24) is 9.97 Å². The van der Waals surface area contributed by atoms with E-state index in [0.29, 0.717) is 7.18 Å². The molecular formula is C4H7FN2. The molecule has 1 N–H and O–H groups in total. The molecule has 40 valence electrons. The van der Waals surface area contributed by atoms with Crippen molar-refractivity contribution in [3.63, 3.8) is 0 Å². The van der Waals surface area contributed by atoms with Gasteiger partial charge in [-0.15, -0.1) is 0 Å². The number of hydrogen-bond acceptors (Lipinski definition) is 1. The summed E-state index contributed by atoms with van der Waals surface area (Å²) >= 11 is 0. The number of halogens is 1. The summed E-state index contributed by atoms with van der Waals surface area (Å²) in [6, 6.07) is 0. The molecule has 0 amide bonds. The Bertz CT molecular complexity index is 66.2. The fourth-order valence-electron chi connectivity index (χ4n) is 0.215. The maximum Gasteiger partial charge on any atom is 0.0919 e. The zero-order chi connectivity index (χ0) is 5.54. The molecule has 1 rings (SSSR count). The first-order valence-corrected chi connectivity index (χ1v) is 1.81. The van der Waals surface area contributed by atoms with Gasteiger partial charge in [0.2, 0.25) is 0 Å². The number of nitrogens with one attached hydrogen (secondary N) is 1. The largest absolute Gasteiger partial charge is 0.351 e. The van der Waals surface area contributed by atoms with Crippen molar-refractivity contribution in [1.29, 1.82) is 0 Å². The maximum absolute atomic E-state index is 9.50. The summed E-state index contributed by atoms with van der Waals surface area (Å²) in [6.07, 6.45) is 5.08. The van der Waals surface area contributed by atoms with Gasteiger partial charge in [0.1, 0.15) is 0 Å². The number of rotatable bonds is 0. The molecule has 7 heavy (non-hydrogen) atoms. The summed E-state index contributed by atoms with van der Waals surface area (Å²) in [5.74, 6) is 0. The van der Waals surface area contributed by atoms with E-state index >= 15 is 0 Å². The molecule has 3 heteroatoms. The van der Waals surface area contributed by atoms with E-state index < -0.39 is 0 Å². The van der Waals surface area contributed by atoms with Crippen molar-refractivity contribution in [2.45, 2.75) is 0 Å². The van der Waals surface area contributed by atoms with Gasteiger partial charge in [-0.25, -0.2) is 4.98 Å². The Labute approximate surface area is 41.4 Å². The second kappa shape index (κ2) is 5.14. The SMILES string of the molecule is CF.c1c[nH]cn1. The minimum atomic E-state index is 0.500. The van der Waals surface area contributed by atoms with Gasteiger partial charge in [-0.3, -0.25) is 4.39 Å². The van der Waals surface area contributed by atoms with Gasteiger partial charge in [-0.2, -0.15) is 0 Å². The molecule has 0 saturated carbocycles. The quantitative estimate of drug-likeness (QED) is 0.520. The van der Waals surface area contributed by atoms with E-state index in [2.05, 4.69) is 9.97 Å². The molecule has 0 unspecified atom stereocenters. The van der Waals surface area contributed by atoms with Crippen molar-refractivity contribution in [2.24, 2.45) is 0 Å². The van der Waals surface area contributed by atoms with Gasteiger partial charge in [0.15, 0.2) is 0 Å². The average Bonchev–Trinajstić information content (AvgIpc) is 2.23. The van der Waals surface area contributed by atoms with Crippen LogP contribution in [-0.2, 0) is 0 Å². The van der Waals surface area contributed by atoms with E-state index in [0.717, 1.165) is 0 Å². The summed E-state index contributed by atoms with van der Waals surface area (Å²) in [5.41, 5.74) is 0. The summed E-state index contributed by atoms with van der Waals surface area (Å²) in [7, 11) is 0.500. The average molecular weight is 102 g/mol. The van der Waals surface area contributed by atoms with Crippen molar-refractivity contribution < 1.29 is 4.39 Å². The maximum atomic E-state index is 9.50. The number of imidazole rings is 1. The zero-order valence-corrected chi connectivity index (χ0v) is 4.06. The Balaban J connectivity index is 0.000000162. The lowest BCUT2D eigenvalue weighted by atomic mass is 11.0. The Morgan fingerprint density at radius 1 is 1.57 bits per heavy atom. The Hall–Kier alpha value is -0.860. The Morgan fingerprint density at radius 2 is 2.29 bits per heavy atom. The van der Waals surface area contributed by atoms with Crippen LogP contribution in [0.15, 0.2) is 18.7 Å². The van der Waals surface area contributed by atoms with Crippen LogP contribution in [-0.4, -0.2) is 17.1 Å². The standard InChI is InChI=1S/C3H4N2.CH3F/c1-2-5-3-4-1;1-2/h1-3H,(H,4,5);1H3. The van der Waals surface area contributed by atoms with Gasteiger partial charge in [-0.05, 0) is 0 Å². The van der Waals surface area contributed by atoms with E-state index in [-0.39, 0.29) is 0 Å². The van der Waals surface area contributed by atoms with E-state index in [9.17, 15) is 4.39 Å². The van der Waals surface area contributed by atoms with Crippen molar-refractivity contribution >= 4 is 0 Å². The lowest BCUT2D eigenvalue weighted by Crippen LogP contribution is -1.44. The van der Waals surface area contributed by atoms with Crippen LogP contribution in [0.25, 0.3) is 0 Å². The van der Waals surface area contributed by atoms with Crippen molar-refractivity contribution in [2.75, 3.05) is 7.18 Å². The first-order valence-electron chi connectivity index (χ1n) is 1.81. The number of aromatic amines is 1. The second-order valence-electron chi connectivity index (χ2n) is 0.761.